The molecule has 8 heteroatoms. The summed E-state index contributed by atoms with van der Waals surface area (Å²) in [5, 5.41) is 3.47. The largest absolute Gasteiger partial charge is 0.324 e. The van der Waals surface area contributed by atoms with Gasteiger partial charge >= 0.3 is 0 Å². The molecule has 1 aliphatic heterocycles. The number of hydrogen-bond acceptors (Lipinski definition) is 4. The van der Waals surface area contributed by atoms with Crippen LogP contribution in [0.1, 0.15) is 25.0 Å². The van der Waals surface area contributed by atoms with Gasteiger partial charge in [-0.25, -0.2) is 8.42 Å². The summed E-state index contributed by atoms with van der Waals surface area (Å²) in [4.78, 5) is 14.8. The average Bonchev–Trinajstić information content (AvgIpc) is 2.74. The highest BCUT2D eigenvalue weighted by Gasteiger charge is 2.29. The molecule has 0 spiro atoms. The monoisotopic (exact) mass is 449 g/mol. The summed E-state index contributed by atoms with van der Waals surface area (Å²) < 4.78 is 27.1. The van der Waals surface area contributed by atoms with Gasteiger partial charge in [0.15, 0.2) is 0 Å². The Morgan fingerprint density at radius 1 is 1.00 bits per heavy atom. The lowest BCUT2D eigenvalue weighted by molar-refractivity contribution is -0.117. The lowest BCUT2D eigenvalue weighted by Gasteiger charge is -2.33. The summed E-state index contributed by atoms with van der Waals surface area (Å²) in [7, 11) is -3.58. The molecule has 0 aromatic heterocycles. The van der Waals surface area contributed by atoms with Gasteiger partial charge in [-0.1, -0.05) is 49.7 Å². The van der Waals surface area contributed by atoms with E-state index in [-0.39, 0.29) is 17.3 Å². The van der Waals surface area contributed by atoms with Crippen molar-refractivity contribution < 1.29 is 13.2 Å². The van der Waals surface area contributed by atoms with Crippen molar-refractivity contribution in [3.63, 3.8) is 0 Å². The number of nitrogens with zero attached hydrogens (tertiary/aromatic N) is 2. The molecule has 1 amide bonds. The number of para-hydroxylation sites is 1. The number of rotatable bonds is 7. The van der Waals surface area contributed by atoms with Gasteiger partial charge in [-0.3, -0.25) is 9.69 Å². The van der Waals surface area contributed by atoms with Gasteiger partial charge in [0.2, 0.25) is 15.9 Å². The SMILES string of the molecule is CCc1cccc(CC)c1NC(=O)CN1CCN(S(=O)(=O)c2cccc(Cl)c2)CC1. The van der Waals surface area contributed by atoms with E-state index in [0.717, 1.165) is 29.7 Å². The van der Waals surface area contributed by atoms with Crippen LogP contribution in [0.2, 0.25) is 5.02 Å². The van der Waals surface area contributed by atoms with Crippen LogP contribution >= 0.6 is 11.6 Å². The van der Waals surface area contributed by atoms with Crippen LogP contribution in [0.4, 0.5) is 5.69 Å². The summed E-state index contributed by atoms with van der Waals surface area (Å²) in [5.74, 6) is -0.0725. The van der Waals surface area contributed by atoms with E-state index < -0.39 is 10.0 Å². The van der Waals surface area contributed by atoms with Crippen LogP contribution in [0.25, 0.3) is 0 Å². The Hall–Kier alpha value is -1.93. The fourth-order valence-electron chi connectivity index (χ4n) is 3.69. The van der Waals surface area contributed by atoms with Crippen molar-refractivity contribution in [3.05, 3.63) is 58.6 Å². The molecule has 1 saturated heterocycles. The van der Waals surface area contributed by atoms with E-state index in [1.807, 2.05) is 23.1 Å². The van der Waals surface area contributed by atoms with Crippen molar-refractivity contribution >= 4 is 33.2 Å². The van der Waals surface area contributed by atoms with Crippen LogP contribution in [0.3, 0.4) is 0 Å². The number of amides is 1. The highest BCUT2D eigenvalue weighted by molar-refractivity contribution is 7.89. The lowest BCUT2D eigenvalue weighted by Crippen LogP contribution is -2.50. The first-order chi connectivity index (χ1) is 14.3. The second kappa shape index (κ2) is 9.92. The van der Waals surface area contributed by atoms with Crippen molar-refractivity contribution in [1.82, 2.24) is 9.21 Å². The zero-order valence-electron chi connectivity index (χ0n) is 17.4. The van der Waals surface area contributed by atoms with E-state index in [2.05, 4.69) is 19.2 Å². The minimum absolute atomic E-state index is 0.0725. The molecular formula is C22H28ClN3O3S. The molecule has 1 N–H and O–H groups in total. The Morgan fingerprint density at radius 3 is 2.17 bits per heavy atom. The minimum atomic E-state index is -3.58. The van der Waals surface area contributed by atoms with Crippen molar-refractivity contribution in [1.29, 1.82) is 0 Å². The summed E-state index contributed by atoms with van der Waals surface area (Å²) >= 11 is 5.94. The number of piperazine rings is 1. The van der Waals surface area contributed by atoms with E-state index >= 15 is 0 Å². The topological polar surface area (TPSA) is 69.7 Å². The predicted octanol–water partition coefficient (Wildman–Crippen LogP) is 3.41. The fourth-order valence-corrected chi connectivity index (χ4v) is 5.41. The normalized spacial score (nSPS) is 15.8. The van der Waals surface area contributed by atoms with Gasteiger partial charge < -0.3 is 5.32 Å². The van der Waals surface area contributed by atoms with Gasteiger partial charge in [-0.05, 0) is 42.2 Å². The molecule has 2 aromatic rings. The smallest absolute Gasteiger partial charge is 0.243 e. The number of aryl methyl sites for hydroxylation is 2. The Kier molecular flexibility index (Phi) is 7.52. The van der Waals surface area contributed by atoms with E-state index in [4.69, 9.17) is 11.6 Å². The Labute approximate surface area is 183 Å². The number of nitrogens with one attached hydrogen (secondary N) is 1. The van der Waals surface area contributed by atoms with Gasteiger partial charge in [0, 0.05) is 36.9 Å². The second-order valence-corrected chi connectivity index (χ2v) is 9.72. The summed E-state index contributed by atoms with van der Waals surface area (Å²) in [6.45, 7) is 6.08. The summed E-state index contributed by atoms with van der Waals surface area (Å²) in [6, 6.07) is 12.4. The van der Waals surface area contributed by atoms with Crippen molar-refractivity contribution in [2.75, 3.05) is 38.0 Å². The second-order valence-electron chi connectivity index (χ2n) is 7.34. The number of sulfonamides is 1. The third-order valence-corrected chi connectivity index (χ3v) is 7.53. The number of carbonyl (C=O) groups is 1. The van der Waals surface area contributed by atoms with Gasteiger partial charge in [0.1, 0.15) is 0 Å². The quantitative estimate of drug-likeness (QED) is 0.703. The molecule has 1 aliphatic rings. The molecule has 0 atom stereocenters. The van der Waals surface area contributed by atoms with Crippen LogP contribution in [-0.4, -0.2) is 56.3 Å². The maximum atomic E-state index is 12.8. The maximum absolute atomic E-state index is 12.8. The fraction of sp³-hybridized carbons (Fsp3) is 0.409. The number of halogens is 1. The number of anilines is 1. The lowest BCUT2D eigenvalue weighted by atomic mass is 10.0. The molecule has 2 aromatic carbocycles. The minimum Gasteiger partial charge on any atom is -0.324 e. The Bertz CT molecular complexity index is 980. The van der Waals surface area contributed by atoms with E-state index in [0.29, 0.717) is 31.2 Å². The molecule has 0 saturated carbocycles. The third kappa shape index (κ3) is 5.21. The summed E-state index contributed by atoms with van der Waals surface area (Å²) in [5.41, 5.74) is 3.16. The summed E-state index contributed by atoms with van der Waals surface area (Å²) in [6.07, 6.45) is 1.70. The zero-order chi connectivity index (χ0) is 21.7. The van der Waals surface area contributed by atoms with Crippen LogP contribution in [0.5, 0.6) is 0 Å². The average molecular weight is 450 g/mol. The Balaban J connectivity index is 1.59. The highest BCUT2D eigenvalue weighted by Crippen LogP contribution is 2.23. The number of hydrogen-bond donors (Lipinski definition) is 1. The standard InChI is InChI=1S/C22H28ClN3O3S/c1-3-17-7-5-8-18(4-2)22(17)24-21(27)16-25-11-13-26(14-12-25)30(28,29)20-10-6-9-19(23)15-20/h5-10,15H,3-4,11-14,16H2,1-2H3,(H,24,27). The van der Waals surface area contributed by atoms with E-state index in [1.54, 1.807) is 18.2 Å². The molecule has 6 nitrogen and oxygen atoms in total. The molecule has 0 bridgehead atoms. The number of benzene rings is 2. The highest BCUT2D eigenvalue weighted by atomic mass is 35.5. The Morgan fingerprint density at radius 2 is 1.60 bits per heavy atom. The van der Waals surface area contributed by atoms with Gasteiger partial charge in [0.25, 0.3) is 0 Å². The first kappa shape index (κ1) is 22.7. The van der Waals surface area contributed by atoms with E-state index in [1.165, 1.54) is 10.4 Å². The molecule has 1 heterocycles. The van der Waals surface area contributed by atoms with Gasteiger partial charge in [-0.2, -0.15) is 4.31 Å². The first-order valence-electron chi connectivity index (χ1n) is 10.2. The molecule has 30 heavy (non-hydrogen) atoms. The number of carbonyl (C=O) groups excluding carboxylic acids is 1. The third-order valence-electron chi connectivity index (χ3n) is 5.40. The van der Waals surface area contributed by atoms with E-state index in [9.17, 15) is 13.2 Å². The first-order valence-corrected chi connectivity index (χ1v) is 12.1. The molecule has 0 aliphatic carbocycles. The van der Waals surface area contributed by atoms with Gasteiger partial charge in [0.05, 0.1) is 11.4 Å². The zero-order valence-corrected chi connectivity index (χ0v) is 19.0. The molecule has 0 unspecified atom stereocenters. The van der Waals surface area contributed by atoms with Crippen LogP contribution in [0.15, 0.2) is 47.4 Å². The molecular weight excluding hydrogens is 422 g/mol. The molecule has 0 radical (unpaired) electrons. The molecule has 3 rings (SSSR count). The van der Waals surface area contributed by atoms with Crippen molar-refractivity contribution in [3.8, 4) is 0 Å². The van der Waals surface area contributed by atoms with Crippen molar-refractivity contribution in [2.24, 2.45) is 0 Å². The van der Waals surface area contributed by atoms with Crippen LogP contribution in [0, 0.1) is 0 Å². The van der Waals surface area contributed by atoms with Crippen LogP contribution < -0.4 is 5.32 Å². The molecule has 1 fully saturated rings. The maximum Gasteiger partial charge on any atom is 0.243 e. The molecule has 162 valence electrons. The van der Waals surface area contributed by atoms with Gasteiger partial charge in [-0.15, -0.1) is 0 Å². The predicted molar refractivity (Wildman–Crippen MR) is 120 cm³/mol. The van der Waals surface area contributed by atoms with Crippen molar-refractivity contribution in [2.45, 2.75) is 31.6 Å². The van der Waals surface area contributed by atoms with Crippen LogP contribution in [-0.2, 0) is 27.7 Å².